The van der Waals surface area contributed by atoms with Gasteiger partial charge in [0.1, 0.15) is 0 Å². The zero-order valence-corrected chi connectivity index (χ0v) is 11.9. The molecular formula is C13H24BrNO. The largest absolute Gasteiger partial charge is 0.378 e. The van der Waals surface area contributed by atoms with Gasteiger partial charge in [-0.3, -0.25) is 0 Å². The lowest BCUT2D eigenvalue weighted by Gasteiger charge is -2.35. The number of rotatable bonds is 4. The van der Waals surface area contributed by atoms with Crippen molar-refractivity contribution in [3.8, 4) is 0 Å². The lowest BCUT2D eigenvalue weighted by molar-refractivity contribution is 0.0868. The fraction of sp³-hybridized carbons (Fsp3) is 1.00. The van der Waals surface area contributed by atoms with Crippen LogP contribution in [-0.4, -0.2) is 42.1 Å². The Balaban J connectivity index is 1.71. The predicted molar refractivity (Wildman–Crippen MR) is 71.2 cm³/mol. The third kappa shape index (κ3) is 3.44. The molecule has 1 saturated carbocycles. The van der Waals surface area contributed by atoms with Crippen molar-refractivity contribution in [3.05, 3.63) is 0 Å². The SMILES string of the molecule is CN(CCC1CCCO1)C1CCCCC1Br. The maximum atomic E-state index is 5.68. The summed E-state index contributed by atoms with van der Waals surface area (Å²) in [5, 5.41) is 0. The maximum Gasteiger partial charge on any atom is 0.0588 e. The van der Waals surface area contributed by atoms with Gasteiger partial charge in [-0.2, -0.15) is 0 Å². The van der Waals surface area contributed by atoms with Crippen molar-refractivity contribution in [1.29, 1.82) is 0 Å². The predicted octanol–water partition coefficient (Wildman–Crippen LogP) is 3.19. The van der Waals surface area contributed by atoms with Crippen LogP contribution in [0.1, 0.15) is 44.9 Å². The summed E-state index contributed by atoms with van der Waals surface area (Å²) in [4.78, 5) is 3.25. The first-order chi connectivity index (χ1) is 7.77. The van der Waals surface area contributed by atoms with Crippen LogP contribution in [0, 0.1) is 0 Å². The quantitative estimate of drug-likeness (QED) is 0.737. The summed E-state index contributed by atoms with van der Waals surface area (Å²) in [5.41, 5.74) is 0. The van der Waals surface area contributed by atoms with Crippen LogP contribution in [-0.2, 0) is 4.74 Å². The van der Waals surface area contributed by atoms with Gasteiger partial charge in [0.05, 0.1) is 6.10 Å². The topological polar surface area (TPSA) is 12.5 Å². The number of hydrogen-bond donors (Lipinski definition) is 0. The molecule has 94 valence electrons. The first-order valence-corrected chi connectivity index (χ1v) is 7.65. The molecule has 2 aliphatic rings. The number of halogens is 1. The van der Waals surface area contributed by atoms with Crippen molar-refractivity contribution in [2.45, 2.75) is 61.9 Å². The standard InChI is InChI=1S/C13H24BrNO/c1-15(9-8-11-5-4-10-16-11)13-7-3-2-6-12(13)14/h11-13H,2-10H2,1H3. The Kier molecular flexibility index (Phi) is 5.11. The number of alkyl halides is 1. The van der Waals surface area contributed by atoms with E-state index in [4.69, 9.17) is 4.74 Å². The van der Waals surface area contributed by atoms with Crippen molar-refractivity contribution >= 4 is 15.9 Å². The summed E-state index contributed by atoms with van der Waals surface area (Å²) >= 11 is 3.84. The fourth-order valence-electron chi connectivity index (χ4n) is 2.95. The summed E-state index contributed by atoms with van der Waals surface area (Å²) in [6, 6.07) is 0.746. The van der Waals surface area contributed by atoms with Gasteiger partial charge in [-0.25, -0.2) is 0 Å². The second-order valence-electron chi connectivity index (χ2n) is 5.27. The molecule has 2 rings (SSSR count). The van der Waals surface area contributed by atoms with E-state index in [-0.39, 0.29) is 0 Å². The minimum atomic E-state index is 0.541. The molecule has 3 heteroatoms. The average molecular weight is 290 g/mol. The van der Waals surface area contributed by atoms with Crippen LogP contribution >= 0.6 is 15.9 Å². The van der Waals surface area contributed by atoms with Gasteiger partial charge in [0.15, 0.2) is 0 Å². The van der Waals surface area contributed by atoms with Crippen LogP contribution in [0.3, 0.4) is 0 Å². The van der Waals surface area contributed by atoms with Crippen LogP contribution in [0.5, 0.6) is 0 Å². The highest BCUT2D eigenvalue weighted by Crippen LogP contribution is 2.28. The van der Waals surface area contributed by atoms with Gasteiger partial charge in [-0.1, -0.05) is 28.8 Å². The zero-order valence-electron chi connectivity index (χ0n) is 10.3. The van der Waals surface area contributed by atoms with Crippen molar-refractivity contribution < 1.29 is 4.74 Å². The Morgan fingerprint density at radius 2 is 2.00 bits per heavy atom. The molecule has 0 aromatic rings. The Bertz CT molecular complexity index is 206. The van der Waals surface area contributed by atoms with Crippen LogP contribution in [0.2, 0.25) is 0 Å². The number of hydrogen-bond acceptors (Lipinski definition) is 2. The van der Waals surface area contributed by atoms with E-state index in [2.05, 4.69) is 27.9 Å². The van der Waals surface area contributed by atoms with Crippen LogP contribution in [0.15, 0.2) is 0 Å². The Morgan fingerprint density at radius 3 is 2.69 bits per heavy atom. The average Bonchev–Trinajstić information content (AvgIpc) is 2.79. The van der Waals surface area contributed by atoms with Gasteiger partial charge in [0.2, 0.25) is 0 Å². The number of nitrogens with zero attached hydrogens (tertiary/aromatic N) is 1. The van der Waals surface area contributed by atoms with Crippen molar-refractivity contribution in [3.63, 3.8) is 0 Å². The first-order valence-electron chi connectivity index (χ1n) is 6.73. The fourth-order valence-corrected chi connectivity index (χ4v) is 3.94. The molecule has 0 aromatic carbocycles. The molecule has 0 bridgehead atoms. The molecule has 2 fully saturated rings. The lowest BCUT2D eigenvalue weighted by atomic mass is 9.94. The minimum absolute atomic E-state index is 0.541. The summed E-state index contributed by atoms with van der Waals surface area (Å²) in [5.74, 6) is 0. The molecule has 0 radical (unpaired) electrons. The Morgan fingerprint density at radius 1 is 1.19 bits per heavy atom. The lowest BCUT2D eigenvalue weighted by Crippen LogP contribution is -2.41. The van der Waals surface area contributed by atoms with Crippen molar-refractivity contribution in [2.24, 2.45) is 0 Å². The van der Waals surface area contributed by atoms with Gasteiger partial charge in [0.25, 0.3) is 0 Å². The third-order valence-electron chi connectivity index (χ3n) is 4.04. The smallest absolute Gasteiger partial charge is 0.0588 e. The van der Waals surface area contributed by atoms with Crippen LogP contribution in [0.25, 0.3) is 0 Å². The second kappa shape index (κ2) is 6.36. The highest BCUT2D eigenvalue weighted by Gasteiger charge is 2.26. The molecule has 0 spiro atoms. The van der Waals surface area contributed by atoms with Gasteiger partial charge < -0.3 is 9.64 Å². The van der Waals surface area contributed by atoms with Crippen LogP contribution in [0.4, 0.5) is 0 Å². The van der Waals surface area contributed by atoms with E-state index in [9.17, 15) is 0 Å². The van der Waals surface area contributed by atoms with Gasteiger partial charge in [0, 0.05) is 24.0 Å². The van der Waals surface area contributed by atoms with Gasteiger partial charge in [-0.15, -0.1) is 0 Å². The van der Waals surface area contributed by atoms with Crippen LogP contribution < -0.4 is 0 Å². The summed E-state index contributed by atoms with van der Waals surface area (Å²) in [7, 11) is 2.28. The molecule has 0 N–H and O–H groups in total. The Hall–Kier alpha value is 0.400. The van der Waals surface area contributed by atoms with Gasteiger partial charge >= 0.3 is 0 Å². The zero-order chi connectivity index (χ0) is 11.4. The summed E-state index contributed by atoms with van der Waals surface area (Å²) in [6.45, 7) is 2.18. The third-order valence-corrected chi connectivity index (χ3v) is 5.11. The molecule has 0 amide bonds. The summed E-state index contributed by atoms with van der Waals surface area (Å²) in [6.07, 6.45) is 9.79. The van der Waals surface area contributed by atoms with E-state index in [0.717, 1.165) is 12.6 Å². The van der Waals surface area contributed by atoms with E-state index in [1.54, 1.807) is 0 Å². The first kappa shape index (κ1) is 12.8. The van der Waals surface area contributed by atoms with Crippen molar-refractivity contribution in [1.82, 2.24) is 4.90 Å². The molecule has 1 saturated heterocycles. The normalized spacial score (nSPS) is 35.8. The molecule has 3 atom stereocenters. The van der Waals surface area contributed by atoms with Crippen molar-refractivity contribution in [2.75, 3.05) is 20.2 Å². The molecular weight excluding hydrogens is 266 g/mol. The van der Waals surface area contributed by atoms with E-state index in [1.165, 1.54) is 51.5 Å². The molecule has 1 aliphatic carbocycles. The molecule has 16 heavy (non-hydrogen) atoms. The number of ether oxygens (including phenoxy) is 1. The monoisotopic (exact) mass is 289 g/mol. The van der Waals surface area contributed by atoms with Gasteiger partial charge in [-0.05, 0) is 39.2 Å². The molecule has 1 aliphatic heterocycles. The van der Waals surface area contributed by atoms with E-state index < -0.39 is 0 Å². The summed E-state index contributed by atoms with van der Waals surface area (Å²) < 4.78 is 5.68. The second-order valence-corrected chi connectivity index (χ2v) is 6.45. The van der Waals surface area contributed by atoms with E-state index in [0.29, 0.717) is 10.9 Å². The minimum Gasteiger partial charge on any atom is -0.378 e. The molecule has 2 nitrogen and oxygen atoms in total. The van der Waals surface area contributed by atoms with E-state index in [1.807, 2.05) is 0 Å². The van der Waals surface area contributed by atoms with E-state index >= 15 is 0 Å². The Labute approximate surface area is 108 Å². The molecule has 0 aromatic heterocycles. The highest BCUT2D eigenvalue weighted by molar-refractivity contribution is 9.09. The molecule has 1 heterocycles. The maximum absolute atomic E-state index is 5.68. The molecule has 3 unspecified atom stereocenters. The highest BCUT2D eigenvalue weighted by atomic mass is 79.9.